The minimum Gasteiger partial charge on any atom is -0.491 e. The molecule has 4 rings (SSSR count). The van der Waals surface area contributed by atoms with Crippen LogP contribution in [0.4, 0.5) is 5.69 Å². The minimum atomic E-state index is -4.29. The molecule has 0 radical (unpaired) electrons. The number of hydrogen-bond acceptors (Lipinski definition) is 8. The van der Waals surface area contributed by atoms with E-state index in [-0.39, 0.29) is 84.4 Å². The van der Waals surface area contributed by atoms with Gasteiger partial charge in [-0.05, 0) is 37.6 Å². The number of carbonyl (C=O) groups is 3. The molecule has 3 aromatic rings. The highest BCUT2D eigenvalue weighted by atomic mass is 35.5. The molecule has 0 spiro atoms. The van der Waals surface area contributed by atoms with Crippen molar-refractivity contribution >= 4 is 56.0 Å². The third kappa shape index (κ3) is 7.36. The Labute approximate surface area is 242 Å². The summed E-state index contributed by atoms with van der Waals surface area (Å²) in [6.45, 7) is 2.19. The Morgan fingerprint density at radius 2 is 1.95 bits per heavy atom. The number of H-pyrrole nitrogens is 1. The van der Waals surface area contributed by atoms with Crippen molar-refractivity contribution in [3.63, 3.8) is 0 Å². The summed E-state index contributed by atoms with van der Waals surface area (Å²) in [5.41, 5.74) is 5.57. The minimum absolute atomic E-state index is 0.00157. The fourth-order valence-electron chi connectivity index (χ4n) is 4.46. The smallest absolute Gasteiger partial charge is 0.305 e. The van der Waals surface area contributed by atoms with Gasteiger partial charge >= 0.3 is 5.97 Å². The standard InChI is InChI=1S/C27H31ClN4O8S/c1-2-38-23(34)10-6-9-22(33)30-21-14-17(28)13-20-24(21)31-25(27(29)35)26(20)41(36,37)32-11-12-39-19(15-32)16-40-18-7-4-3-5-8-18/h3-5,7-8,13-14,19,31H,2,6,9-12,15-16H2,1H3,(H2,29,35)(H,30,33)/t19-/m0/s1. The molecule has 1 aliphatic heterocycles. The highest BCUT2D eigenvalue weighted by Gasteiger charge is 2.36. The lowest BCUT2D eigenvalue weighted by Gasteiger charge is -2.32. The van der Waals surface area contributed by atoms with Gasteiger partial charge in [0.2, 0.25) is 15.9 Å². The number of nitrogens with zero attached hydrogens (tertiary/aromatic N) is 1. The molecule has 41 heavy (non-hydrogen) atoms. The van der Waals surface area contributed by atoms with Gasteiger partial charge in [-0.25, -0.2) is 8.42 Å². The van der Waals surface area contributed by atoms with Crippen LogP contribution in [0.5, 0.6) is 5.75 Å². The Morgan fingerprint density at radius 3 is 2.66 bits per heavy atom. The van der Waals surface area contributed by atoms with Gasteiger partial charge < -0.3 is 30.2 Å². The summed E-state index contributed by atoms with van der Waals surface area (Å²) in [6, 6.07) is 11.9. The van der Waals surface area contributed by atoms with Crippen LogP contribution in [0.15, 0.2) is 47.4 Å². The molecule has 1 aromatic heterocycles. The van der Waals surface area contributed by atoms with Crippen LogP contribution in [0, 0.1) is 0 Å². The van der Waals surface area contributed by atoms with E-state index in [1.807, 2.05) is 18.2 Å². The maximum atomic E-state index is 13.9. The van der Waals surface area contributed by atoms with Gasteiger partial charge in [-0.1, -0.05) is 29.8 Å². The number of nitrogens with two attached hydrogens (primary N) is 1. The van der Waals surface area contributed by atoms with E-state index in [1.165, 1.54) is 16.4 Å². The summed E-state index contributed by atoms with van der Waals surface area (Å²) >= 11 is 6.32. The fourth-order valence-corrected chi connectivity index (χ4v) is 6.46. The number of fused-ring (bicyclic) bond motifs is 1. The third-order valence-electron chi connectivity index (χ3n) is 6.31. The Morgan fingerprint density at radius 1 is 1.20 bits per heavy atom. The zero-order valence-electron chi connectivity index (χ0n) is 22.4. The second-order valence-corrected chi connectivity index (χ2v) is 11.6. The van der Waals surface area contributed by atoms with Crippen LogP contribution in [0.2, 0.25) is 5.02 Å². The molecule has 12 nitrogen and oxygen atoms in total. The van der Waals surface area contributed by atoms with Crippen LogP contribution < -0.4 is 15.8 Å². The van der Waals surface area contributed by atoms with Crippen LogP contribution >= 0.6 is 11.6 Å². The molecule has 1 atom stereocenters. The first-order valence-corrected chi connectivity index (χ1v) is 14.8. The van der Waals surface area contributed by atoms with Crippen molar-refractivity contribution in [2.75, 3.05) is 38.2 Å². The summed E-state index contributed by atoms with van der Waals surface area (Å²) < 4.78 is 45.4. The van der Waals surface area contributed by atoms with Crippen LogP contribution in [0.1, 0.15) is 36.7 Å². The lowest BCUT2D eigenvalue weighted by Crippen LogP contribution is -2.47. The molecular formula is C27H31ClN4O8S. The van der Waals surface area contributed by atoms with Gasteiger partial charge in [-0.2, -0.15) is 4.31 Å². The maximum absolute atomic E-state index is 13.9. The molecular weight excluding hydrogens is 576 g/mol. The Bertz CT molecular complexity index is 1530. The van der Waals surface area contributed by atoms with Crippen molar-refractivity contribution < 1.29 is 37.0 Å². The van der Waals surface area contributed by atoms with Gasteiger partial charge in [0.15, 0.2) is 0 Å². The summed E-state index contributed by atoms with van der Waals surface area (Å²) in [7, 11) is -4.29. The number of esters is 1. The second kappa shape index (κ2) is 13.3. The van der Waals surface area contributed by atoms with Crippen LogP contribution in [-0.4, -0.2) is 74.5 Å². The van der Waals surface area contributed by atoms with E-state index in [0.717, 1.165) is 0 Å². The Hall–Kier alpha value is -3.65. The second-order valence-electron chi connectivity index (χ2n) is 9.26. The lowest BCUT2D eigenvalue weighted by molar-refractivity contribution is -0.143. The maximum Gasteiger partial charge on any atom is 0.305 e. The number of carbonyl (C=O) groups excluding carboxylic acids is 3. The van der Waals surface area contributed by atoms with E-state index >= 15 is 0 Å². The number of aromatic nitrogens is 1. The van der Waals surface area contributed by atoms with Crippen LogP contribution in [0.25, 0.3) is 10.9 Å². The molecule has 0 unspecified atom stereocenters. The number of nitrogens with one attached hydrogen (secondary N) is 2. The van der Waals surface area contributed by atoms with Gasteiger partial charge in [0.05, 0.1) is 24.4 Å². The number of aromatic amines is 1. The third-order valence-corrected chi connectivity index (χ3v) is 8.48. The van der Waals surface area contributed by atoms with Crippen molar-refractivity contribution in [2.45, 2.75) is 37.2 Å². The van der Waals surface area contributed by atoms with Crippen LogP contribution in [-0.2, 0) is 29.1 Å². The summed E-state index contributed by atoms with van der Waals surface area (Å²) in [6.07, 6.45) is -0.243. The van der Waals surface area contributed by atoms with Gasteiger partial charge in [0.25, 0.3) is 5.91 Å². The average Bonchev–Trinajstić information content (AvgIpc) is 3.34. The van der Waals surface area contributed by atoms with Crippen LogP contribution in [0.3, 0.4) is 0 Å². The SMILES string of the molecule is CCOC(=O)CCCC(=O)Nc1cc(Cl)cc2c(S(=O)(=O)N3CCO[C@H](COc4ccccc4)C3)c(C(N)=O)[nH]c12. The molecule has 2 amide bonds. The number of anilines is 1. The zero-order chi connectivity index (χ0) is 29.6. The van der Waals surface area contributed by atoms with Gasteiger partial charge in [-0.15, -0.1) is 0 Å². The molecule has 0 saturated carbocycles. The largest absolute Gasteiger partial charge is 0.491 e. The molecule has 1 fully saturated rings. The number of ether oxygens (including phenoxy) is 3. The highest BCUT2D eigenvalue weighted by Crippen LogP contribution is 2.36. The first-order valence-electron chi connectivity index (χ1n) is 13.0. The molecule has 0 bridgehead atoms. The molecule has 14 heteroatoms. The molecule has 1 saturated heterocycles. The summed E-state index contributed by atoms with van der Waals surface area (Å²) in [5, 5.41) is 2.90. The van der Waals surface area contributed by atoms with Crippen molar-refractivity contribution in [2.24, 2.45) is 5.73 Å². The number of hydrogen-bond donors (Lipinski definition) is 3. The van der Waals surface area contributed by atoms with Crippen molar-refractivity contribution in [1.82, 2.24) is 9.29 Å². The molecule has 0 aliphatic carbocycles. The van der Waals surface area contributed by atoms with E-state index < -0.39 is 33.9 Å². The molecule has 2 heterocycles. The van der Waals surface area contributed by atoms with Crippen molar-refractivity contribution in [1.29, 1.82) is 0 Å². The predicted octanol–water partition coefficient (Wildman–Crippen LogP) is 3.06. The lowest BCUT2D eigenvalue weighted by atomic mass is 10.2. The normalized spacial score (nSPS) is 15.9. The summed E-state index contributed by atoms with van der Waals surface area (Å²) in [4.78, 5) is 39.0. The number of primary amides is 1. The van der Waals surface area contributed by atoms with E-state index in [9.17, 15) is 22.8 Å². The number of para-hydroxylation sites is 1. The van der Waals surface area contributed by atoms with E-state index in [0.29, 0.717) is 5.75 Å². The molecule has 4 N–H and O–H groups in total. The number of sulfonamides is 1. The number of halogens is 1. The fraction of sp³-hybridized carbons (Fsp3) is 0.370. The average molecular weight is 607 g/mol. The van der Waals surface area contributed by atoms with Gasteiger partial charge in [0.1, 0.15) is 29.0 Å². The van der Waals surface area contributed by atoms with E-state index in [1.54, 1.807) is 19.1 Å². The number of benzene rings is 2. The van der Waals surface area contributed by atoms with E-state index in [2.05, 4.69) is 10.3 Å². The molecule has 220 valence electrons. The number of morpholine rings is 1. The monoisotopic (exact) mass is 606 g/mol. The zero-order valence-corrected chi connectivity index (χ0v) is 23.9. The Kier molecular flexibility index (Phi) is 9.86. The van der Waals surface area contributed by atoms with Gasteiger partial charge in [-0.3, -0.25) is 14.4 Å². The quantitative estimate of drug-likeness (QED) is 0.264. The van der Waals surface area contributed by atoms with Crippen molar-refractivity contribution in [3.8, 4) is 5.75 Å². The first kappa shape index (κ1) is 30.3. The summed E-state index contributed by atoms with van der Waals surface area (Å²) in [5.74, 6) is -1.23. The molecule has 1 aliphatic rings. The van der Waals surface area contributed by atoms with Gasteiger partial charge in [0, 0.05) is 36.3 Å². The number of amides is 2. The predicted molar refractivity (Wildman–Crippen MR) is 151 cm³/mol. The number of rotatable bonds is 12. The molecule has 2 aromatic carbocycles. The first-order chi connectivity index (χ1) is 19.6. The Balaban J connectivity index is 1.58. The van der Waals surface area contributed by atoms with Crippen molar-refractivity contribution in [3.05, 3.63) is 53.2 Å². The topological polar surface area (TPSA) is 170 Å². The highest BCUT2D eigenvalue weighted by molar-refractivity contribution is 7.89. The van der Waals surface area contributed by atoms with E-state index in [4.69, 9.17) is 31.5 Å².